The van der Waals surface area contributed by atoms with Crippen LogP contribution in [0.25, 0.3) is 11.2 Å². The van der Waals surface area contributed by atoms with Crippen molar-refractivity contribution in [2.75, 3.05) is 13.1 Å². The first kappa shape index (κ1) is 9.59. The molecule has 1 saturated heterocycles. The van der Waals surface area contributed by atoms with E-state index in [-0.39, 0.29) is 8.54 Å². The first-order valence-electron chi connectivity index (χ1n) is 5.62. The van der Waals surface area contributed by atoms with E-state index in [1.165, 1.54) is 0 Å². The number of hydrogen-bond acceptors (Lipinski definition) is 3. The number of aromatic nitrogens is 3. The predicted octanol–water partition coefficient (Wildman–Crippen LogP) is 1.14. The minimum absolute atomic E-state index is 0. The van der Waals surface area contributed by atoms with Gasteiger partial charge in [-0.15, -0.1) is 0 Å². The summed E-state index contributed by atoms with van der Waals surface area (Å²) >= 11 is 0. The first-order chi connectivity index (χ1) is 7.86. The van der Waals surface area contributed by atoms with Gasteiger partial charge in [-0.1, -0.05) is 0 Å². The average Bonchev–Trinajstić information content (AvgIpc) is 2.66. The molecule has 1 fully saturated rings. The Balaban J connectivity index is 0.000000810. The van der Waals surface area contributed by atoms with Crippen LogP contribution in [0.3, 0.4) is 0 Å². The fourth-order valence-corrected chi connectivity index (χ4v) is 2.39. The minimum atomic E-state index is -0.0411. The average molecular weight is 222 g/mol. The number of nitrogens with zero attached hydrogens (tertiary/aromatic N) is 2. The van der Waals surface area contributed by atoms with Gasteiger partial charge in [0.25, 0.3) is 0 Å². The molecule has 0 amide bonds. The second kappa shape index (κ2) is 3.75. The summed E-state index contributed by atoms with van der Waals surface area (Å²) in [5, 5.41) is 3.30. The van der Waals surface area contributed by atoms with Crippen molar-refractivity contribution in [2.45, 2.75) is 18.9 Å². The second-order valence-electron chi connectivity index (χ2n) is 4.15. The van der Waals surface area contributed by atoms with Crippen molar-refractivity contribution < 1.29 is 2.85 Å². The summed E-state index contributed by atoms with van der Waals surface area (Å²) in [5.74, 6) is 0. The van der Waals surface area contributed by atoms with Crippen LogP contribution in [0.4, 0.5) is 0 Å². The molecule has 0 radical (unpaired) electrons. The van der Waals surface area contributed by atoms with Crippen molar-refractivity contribution in [3.63, 3.8) is 0 Å². The van der Waals surface area contributed by atoms with Gasteiger partial charge in [0.15, 0.2) is 5.65 Å². The lowest BCUT2D eigenvalue weighted by Crippen LogP contribution is -2.33. The van der Waals surface area contributed by atoms with Crippen LogP contribution in [-0.4, -0.2) is 27.6 Å². The zero-order valence-corrected chi connectivity index (χ0v) is 8.94. The third kappa shape index (κ3) is 1.44. The Morgan fingerprint density at radius 2 is 2.25 bits per heavy atom. The van der Waals surface area contributed by atoms with Crippen LogP contribution in [-0.2, 0) is 0 Å². The number of hydrogen-bond donors (Lipinski definition) is 2. The normalized spacial score (nSPS) is 18.0. The van der Waals surface area contributed by atoms with Crippen molar-refractivity contribution in [2.24, 2.45) is 0 Å². The molecule has 0 unspecified atom stereocenters. The van der Waals surface area contributed by atoms with Crippen molar-refractivity contribution in [1.82, 2.24) is 19.9 Å². The zero-order valence-electron chi connectivity index (χ0n) is 8.94. The third-order valence-electron chi connectivity index (χ3n) is 3.16. The highest BCUT2D eigenvalue weighted by Gasteiger charge is 2.19. The van der Waals surface area contributed by atoms with E-state index in [9.17, 15) is 4.79 Å². The van der Waals surface area contributed by atoms with Crippen molar-refractivity contribution >= 4 is 11.2 Å². The monoisotopic (exact) mass is 222 g/mol. The lowest BCUT2D eigenvalue weighted by Gasteiger charge is -2.23. The maximum absolute atomic E-state index is 11.9. The van der Waals surface area contributed by atoms with Gasteiger partial charge in [-0.25, -0.2) is 9.78 Å². The molecule has 3 heterocycles. The summed E-state index contributed by atoms with van der Waals surface area (Å²) in [4.78, 5) is 18.9. The molecule has 0 saturated carbocycles. The zero-order chi connectivity index (χ0) is 11.0. The van der Waals surface area contributed by atoms with E-state index in [0.29, 0.717) is 11.7 Å². The lowest BCUT2D eigenvalue weighted by molar-refractivity contribution is 0.368. The van der Waals surface area contributed by atoms with Crippen LogP contribution in [0.5, 0.6) is 0 Å². The van der Waals surface area contributed by atoms with Crippen LogP contribution in [0.1, 0.15) is 21.7 Å². The number of pyridine rings is 1. The van der Waals surface area contributed by atoms with Crippen LogP contribution < -0.4 is 11.0 Å². The fourth-order valence-electron chi connectivity index (χ4n) is 2.39. The molecule has 88 valence electrons. The highest BCUT2D eigenvalue weighted by atomic mass is 16.1. The molecule has 5 heteroatoms. The first-order valence-corrected chi connectivity index (χ1v) is 5.62. The lowest BCUT2D eigenvalue weighted by atomic mass is 10.1. The van der Waals surface area contributed by atoms with Gasteiger partial charge in [-0.05, 0) is 38.1 Å². The smallest absolute Gasteiger partial charge is 0.317 e. The number of rotatable bonds is 1. The molecule has 0 bridgehead atoms. The number of nitrogens with one attached hydrogen (secondary N) is 2. The summed E-state index contributed by atoms with van der Waals surface area (Å²) in [7, 11) is 0. The Morgan fingerprint density at radius 1 is 1.44 bits per heavy atom. The summed E-state index contributed by atoms with van der Waals surface area (Å²) < 4.78 is 1.85. The van der Waals surface area contributed by atoms with E-state index in [0.717, 1.165) is 31.4 Å². The van der Waals surface area contributed by atoms with Crippen molar-refractivity contribution in [3.8, 4) is 0 Å². The summed E-state index contributed by atoms with van der Waals surface area (Å²) in [6, 6.07) is 4.11. The molecule has 1 aliphatic rings. The minimum Gasteiger partial charge on any atom is -0.317 e. The Kier molecular flexibility index (Phi) is 2.25. The van der Waals surface area contributed by atoms with Gasteiger partial charge in [-0.2, -0.15) is 0 Å². The topological polar surface area (TPSA) is 62.7 Å². The number of piperidine rings is 1. The molecule has 2 N–H and O–H groups in total. The molecule has 0 spiro atoms. The van der Waals surface area contributed by atoms with Gasteiger partial charge in [-0.3, -0.25) is 9.55 Å². The third-order valence-corrected chi connectivity index (χ3v) is 3.16. The maximum Gasteiger partial charge on any atom is 0.327 e. The highest BCUT2D eigenvalue weighted by molar-refractivity contribution is 5.70. The van der Waals surface area contributed by atoms with Gasteiger partial charge in [0.2, 0.25) is 0 Å². The number of imidazole rings is 1. The molecule has 5 nitrogen and oxygen atoms in total. The van der Waals surface area contributed by atoms with E-state index >= 15 is 0 Å². The number of H-pyrrole nitrogens is 1. The van der Waals surface area contributed by atoms with Gasteiger partial charge < -0.3 is 5.32 Å². The molecule has 0 atom stereocenters. The van der Waals surface area contributed by atoms with E-state index in [1.807, 2.05) is 16.7 Å². The quantitative estimate of drug-likeness (QED) is 0.760. The SMILES string of the molecule is O=c1[nH]c2ncccc2n1C1CCNCC1.[HH].[HH]. The number of aromatic amines is 1. The molecule has 16 heavy (non-hydrogen) atoms. The molecule has 2 aromatic heterocycles. The molecular weight excluding hydrogens is 204 g/mol. The Hall–Kier alpha value is -1.62. The summed E-state index contributed by atoms with van der Waals surface area (Å²) in [5.41, 5.74) is 1.56. The Morgan fingerprint density at radius 3 is 3.06 bits per heavy atom. The van der Waals surface area contributed by atoms with Gasteiger partial charge >= 0.3 is 5.69 Å². The van der Waals surface area contributed by atoms with Crippen molar-refractivity contribution in [3.05, 3.63) is 28.8 Å². The molecular formula is C11H18N4O. The summed E-state index contributed by atoms with van der Waals surface area (Å²) in [6.07, 6.45) is 3.70. The van der Waals surface area contributed by atoms with Crippen LogP contribution >= 0.6 is 0 Å². The van der Waals surface area contributed by atoms with E-state index in [1.54, 1.807) is 6.20 Å². The Bertz CT molecular complexity index is 559. The van der Waals surface area contributed by atoms with E-state index < -0.39 is 0 Å². The Labute approximate surface area is 95.5 Å². The maximum atomic E-state index is 11.9. The standard InChI is InChI=1S/C11H14N4O.2H2/c16-11-14-10-9(2-1-5-13-10)15(11)8-3-6-12-7-4-8;;/h1-2,5,8,12H,3-4,6-7H2,(H,13,14,16);2*1H. The molecule has 1 aliphatic heterocycles. The van der Waals surface area contributed by atoms with Gasteiger partial charge in [0.05, 0.1) is 5.52 Å². The van der Waals surface area contributed by atoms with E-state index in [4.69, 9.17) is 0 Å². The van der Waals surface area contributed by atoms with Crippen LogP contribution in [0, 0.1) is 0 Å². The largest absolute Gasteiger partial charge is 0.327 e. The molecule has 0 aromatic carbocycles. The summed E-state index contributed by atoms with van der Waals surface area (Å²) in [6.45, 7) is 1.95. The van der Waals surface area contributed by atoms with Crippen molar-refractivity contribution in [1.29, 1.82) is 0 Å². The van der Waals surface area contributed by atoms with Gasteiger partial charge in [0, 0.05) is 15.1 Å². The molecule has 2 aromatic rings. The van der Waals surface area contributed by atoms with Crippen LogP contribution in [0.15, 0.2) is 23.1 Å². The van der Waals surface area contributed by atoms with Gasteiger partial charge in [0.1, 0.15) is 0 Å². The fraction of sp³-hybridized carbons (Fsp3) is 0.455. The predicted molar refractivity (Wildman–Crippen MR) is 65.7 cm³/mol. The molecule has 0 aliphatic carbocycles. The number of fused-ring (bicyclic) bond motifs is 1. The molecule has 3 rings (SSSR count). The highest BCUT2D eigenvalue weighted by Crippen LogP contribution is 2.20. The second-order valence-corrected chi connectivity index (χ2v) is 4.15. The van der Waals surface area contributed by atoms with Crippen LogP contribution in [0.2, 0.25) is 0 Å². The van der Waals surface area contributed by atoms with E-state index in [2.05, 4.69) is 15.3 Å².